The first-order valence-electron chi connectivity index (χ1n) is 4.64. The highest BCUT2D eigenvalue weighted by Gasteiger charge is 2.13. The number of carbonyl (C=O) groups is 1. The molecule has 0 aliphatic heterocycles. The lowest BCUT2D eigenvalue weighted by molar-refractivity contribution is -0.884. The second kappa shape index (κ2) is 7.49. The SMILES string of the molecule is C=CC[N+](C)(C)CCOC(=O)C(=C)C.[Cl-]. The molecule has 0 aromatic heterocycles. The van der Waals surface area contributed by atoms with Crippen molar-refractivity contribution in [2.75, 3.05) is 33.8 Å². The molecule has 0 aromatic rings. The van der Waals surface area contributed by atoms with Gasteiger partial charge in [-0.15, -0.1) is 0 Å². The summed E-state index contributed by atoms with van der Waals surface area (Å²) in [6, 6.07) is 0. The molecule has 0 fully saturated rings. The lowest BCUT2D eigenvalue weighted by atomic mass is 10.4. The molecular formula is C11H20ClNO2. The summed E-state index contributed by atoms with van der Waals surface area (Å²) in [5, 5.41) is 0. The Labute approximate surface area is 98.4 Å². The Morgan fingerprint density at radius 3 is 2.40 bits per heavy atom. The van der Waals surface area contributed by atoms with Gasteiger partial charge in [0.15, 0.2) is 0 Å². The van der Waals surface area contributed by atoms with Gasteiger partial charge in [0.05, 0.1) is 20.6 Å². The van der Waals surface area contributed by atoms with Gasteiger partial charge in [0.2, 0.25) is 0 Å². The summed E-state index contributed by atoms with van der Waals surface area (Å²) in [7, 11) is 4.13. The zero-order chi connectivity index (χ0) is 11.2. The number of quaternary nitrogens is 1. The van der Waals surface area contributed by atoms with Gasteiger partial charge in [0.1, 0.15) is 13.2 Å². The molecule has 0 amide bonds. The van der Waals surface area contributed by atoms with Crippen LogP contribution in [0.15, 0.2) is 24.8 Å². The second-order valence-electron chi connectivity index (χ2n) is 4.05. The molecule has 0 spiro atoms. The zero-order valence-corrected chi connectivity index (χ0v) is 10.5. The van der Waals surface area contributed by atoms with Gasteiger partial charge in [-0.2, -0.15) is 0 Å². The minimum absolute atomic E-state index is 0. The zero-order valence-electron chi connectivity index (χ0n) is 9.75. The molecule has 0 atom stereocenters. The number of nitrogens with zero attached hydrogens (tertiary/aromatic N) is 1. The van der Waals surface area contributed by atoms with E-state index < -0.39 is 0 Å². The van der Waals surface area contributed by atoms with Crippen LogP contribution in [0.25, 0.3) is 0 Å². The summed E-state index contributed by atoms with van der Waals surface area (Å²) in [5.41, 5.74) is 0.444. The maximum absolute atomic E-state index is 11.0. The molecule has 0 aromatic carbocycles. The van der Waals surface area contributed by atoms with Gasteiger partial charge in [0.25, 0.3) is 0 Å². The van der Waals surface area contributed by atoms with E-state index in [9.17, 15) is 4.79 Å². The standard InChI is InChI=1S/C11H20NO2.ClH/c1-6-7-12(4,5)8-9-14-11(13)10(2)3;/h6H,1-2,7-9H2,3-5H3;1H/q+1;/p-1. The van der Waals surface area contributed by atoms with Crippen molar-refractivity contribution in [2.45, 2.75) is 6.92 Å². The number of hydrogen-bond donors (Lipinski definition) is 0. The largest absolute Gasteiger partial charge is 1.00 e. The molecule has 0 heterocycles. The molecule has 0 saturated carbocycles. The van der Waals surface area contributed by atoms with Crippen LogP contribution in [-0.2, 0) is 9.53 Å². The van der Waals surface area contributed by atoms with Crippen LogP contribution in [0.5, 0.6) is 0 Å². The Balaban J connectivity index is 0. The summed E-state index contributed by atoms with van der Waals surface area (Å²) in [4.78, 5) is 11.0. The van der Waals surface area contributed by atoms with E-state index in [0.29, 0.717) is 12.2 Å². The predicted molar refractivity (Wildman–Crippen MR) is 57.8 cm³/mol. The van der Waals surface area contributed by atoms with Crippen LogP contribution in [-0.4, -0.2) is 44.2 Å². The Bertz CT molecular complexity index is 237. The normalized spacial score (nSPS) is 10.1. The molecule has 3 nitrogen and oxygen atoms in total. The second-order valence-corrected chi connectivity index (χ2v) is 4.05. The highest BCUT2D eigenvalue weighted by atomic mass is 35.5. The van der Waals surface area contributed by atoms with Crippen LogP contribution < -0.4 is 12.4 Å². The van der Waals surface area contributed by atoms with Crippen molar-refractivity contribution in [3.8, 4) is 0 Å². The minimum Gasteiger partial charge on any atom is -1.00 e. The van der Waals surface area contributed by atoms with E-state index in [1.807, 2.05) is 6.08 Å². The molecule has 88 valence electrons. The molecule has 0 aliphatic carbocycles. The van der Waals surface area contributed by atoms with Crippen LogP contribution in [0.2, 0.25) is 0 Å². The van der Waals surface area contributed by atoms with Gasteiger partial charge in [0, 0.05) is 5.57 Å². The van der Waals surface area contributed by atoms with Crippen LogP contribution in [0.1, 0.15) is 6.92 Å². The van der Waals surface area contributed by atoms with Gasteiger partial charge < -0.3 is 21.6 Å². The van der Waals surface area contributed by atoms with E-state index in [1.165, 1.54) is 0 Å². The Kier molecular flexibility index (Phi) is 8.30. The Morgan fingerprint density at radius 1 is 1.47 bits per heavy atom. The average molecular weight is 234 g/mol. The molecule has 0 bridgehead atoms. The first-order valence-corrected chi connectivity index (χ1v) is 4.64. The fourth-order valence-electron chi connectivity index (χ4n) is 0.949. The summed E-state index contributed by atoms with van der Waals surface area (Å²) < 4.78 is 5.77. The monoisotopic (exact) mass is 233 g/mol. The highest BCUT2D eigenvalue weighted by molar-refractivity contribution is 5.86. The first kappa shape index (κ1) is 16.6. The number of ether oxygens (including phenoxy) is 1. The van der Waals surface area contributed by atoms with E-state index in [1.54, 1.807) is 6.92 Å². The van der Waals surface area contributed by atoms with Crippen molar-refractivity contribution in [3.05, 3.63) is 24.8 Å². The molecule has 15 heavy (non-hydrogen) atoms. The van der Waals surface area contributed by atoms with Gasteiger partial charge in [-0.3, -0.25) is 0 Å². The van der Waals surface area contributed by atoms with E-state index in [-0.39, 0.29) is 18.4 Å². The van der Waals surface area contributed by atoms with Crippen molar-refractivity contribution >= 4 is 5.97 Å². The van der Waals surface area contributed by atoms with E-state index >= 15 is 0 Å². The molecule has 4 heteroatoms. The quantitative estimate of drug-likeness (QED) is 0.238. The third-order valence-corrected chi connectivity index (χ3v) is 1.90. The minimum atomic E-state index is -0.316. The fraction of sp³-hybridized carbons (Fsp3) is 0.545. The van der Waals surface area contributed by atoms with Gasteiger partial charge in [-0.05, 0) is 13.0 Å². The van der Waals surface area contributed by atoms with Crippen molar-refractivity contribution < 1.29 is 26.4 Å². The topological polar surface area (TPSA) is 26.3 Å². The first-order chi connectivity index (χ1) is 6.39. The molecular weight excluding hydrogens is 214 g/mol. The molecule has 0 saturated heterocycles. The van der Waals surface area contributed by atoms with E-state index in [0.717, 1.165) is 17.6 Å². The summed E-state index contributed by atoms with van der Waals surface area (Å²) in [5.74, 6) is -0.316. The van der Waals surface area contributed by atoms with E-state index in [2.05, 4.69) is 27.3 Å². The maximum atomic E-state index is 11.0. The smallest absolute Gasteiger partial charge is 0.333 e. The van der Waals surface area contributed by atoms with E-state index in [4.69, 9.17) is 4.74 Å². The maximum Gasteiger partial charge on any atom is 0.333 e. The molecule has 0 unspecified atom stereocenters. The molecule has 0 N–H and O–H groups in total. The van der Waals surface area contributed by atoms with Crippen LogP contribution in [0.3, 0.4) is 0 Å². The molecule has 0 radical (unpaired) electrons. The number of hydrogen-bond acceptors (Lipinski definition) is 2. The van der Waals surface area contributed by atoms with Crippen molar-refractivity contribution in [3.63, 3.8) is 0 Å². The van der Waals surface area contributed by atoms with Gasteiger partial charge >= 0.3 is 5.97 Å². The number of rotatable bonds is 6. The fourth-order valence-corrected chi connectivity index (χ4v) is 0.949. The van der Waals surface area contributed by atoms with Crippen molar-refractivity contribution in [2.24, 2.45) is 0 Å². The highest BCUT2D eigenvalue weighted by Crippen LogP contribution is 1.98. The Hall–Kier alpha value is -0.800. The summed E-state index contributed by atoms with van der Waals surface area (Å²) >= 11 is 0. The number of likely N-dealkylation sites (N-methyl/N-ethyl adjacent to an activating group) is 1. The summed E-state index contributed by atoms with van der Waals surface area (Å²) in [6.07, 6.45) is 1.86. The number of halogens is 1. The van der Waals surface area contributed by atoms with Crippen molar-refractivity contribution in [1.82, 2.24) is 0 Å². The van der Waals surface area contributed by atoms with Gasteiger partial charge in [-0.1, -0.05) is 13.2 Å². The van der Waals surface area contributed by atoms with Crippen LogP contribution >= 0.6 is 0 Å². The lowest BCUT2D eigenvalue weighted by Crippen LogP contribution is -3.00. The lowest BCUT2D eigenvalue weighted by Gasteiger charge is -2.27. The van der Waals surface area contributed by atoms with Crippen LogP contribution in [0.4, 0.5) is 0 Å². The Morgan fingerprint density at radius 2 is 2.00 bits per heavy atom. The van der Waals surface area contributed by atoms with Crippen LogP contribution in [0, 0.1) is 0 Å². The van der Waals surface area contributed by atoms with Crippen molar-refractivity contribution in [1.29, 1.82) is 0 Å². The summed E-state index contributed by atoms with van der Waals surface area (Å²) in [6.45, 7) is 10.9. The predicted octanol–water partition coefficient (Wildman–Crippen LogP) is -1.63. The third-order valence-electron chi connectivity index (χ3n) is 1.90. The third kappa shape index (κ3) is 8.21. The molecule has 0 rings (SSSR count). The number of esters is 1. The average Bonchev–Trinajstić information content (AvgIpc) is 2.03. The number of carbonyl (C=O) groups excluding carboxylic acids is 1. The molecule has 0 aliphatic rings. The van der Waals surface area contributed by atoms with Gasteiger partial charge in [-0.25, -0.2) is 4.79 Å².